The van der Waals surface area contributed by atoms with Crippen molar-refractivity contribution in [3.8, 4) is 0 Å². The van der Waals surface area contributed by atoms with E-state index in [-0.39, 0.29) is 11.8 Å². The first kappa shape index (κ1) is 9.23. The normalized spacial score (nSPS) is 16.7. The Labute approximate surface area is 75.7 Å². The lowest BCUT2D eigenvalue weighted by Crippen LogP contribution is -1.89. The van der Waals surface area contributed by atoms with Crippen molar-refractivity contribution >= 4 is 11.8 Å². The van der Waals surface area contributed by atoms with Crippen molar-refractivity contribution in [2.24, 2.45) is 0 Å². The highest BCUT2D eigenvalue weighted by Gasteiger charge is 2.06. The third-order valence-electron chi connectivity index (χ3n) is 1.23. The molecule has 1 aliphatic heterocycles. The summed E-state index contributed by atoms with van der Waals surface area (Å²) in [6.07, 6.45) is 7.25. The molecular formula is C10H8O3. The molecule has 3 heteroatoms. The van der Waals surface area contributed by atoms with Crippen molar-refractivity contribution in [2.75, 3.05) is 0 Å². The first-order valence-electron chi connectivity index (χ1n) is 3.72. The first-order valence-corrected chi connectivity index (χ1v) is 3.72. The van der Waals surface area contributed by atoms with Gasteiger partial charge >= 0.3 is 5.97 Å². The average Bonchev–Trinajstić information content (AvgIpc) is 2.45. The average molecular weight is 176 g/mol. The van der Waals surface area contributed by atoms with E-state index in [1.54, 1.807) is 12.2 Å². The minimum Gasteiger partial charge on any atom is -0.423 e. The molecule has 0 fully saturated rings. The molecule has 0 aromatic rings. The maximum Gasteiger partial charge on any atom is 0.336 e. The van der Waals surface area contributed by atoms with Gasteiger partial charge in [-0.1, -0.05) is 0 Å². The van der Waals surface area contributed by atoms with Crippen LogP contribution in [0.2, 0.25) is 0 Å². The molecule has 0 atom stereocenters. The largest absolute Gasteiger partial charge is 0.423 e. The molecule has 0 aromatic heterocycles. The molecule has 0 N–H and O–H groups in total. The Bertz CT molecular complexity index is 352. The Hall–Kier alpha value is -1.86. The highest BCUT2D eigenvalue weighted by Crippen LogP contribution is 2.07. The van der Waals surface area contributed by atoms with Crippen LogP contribution in [0, 0.1) is 0 Å². The molecule has 0 aromatic carbocycles. The lowest BCUT2D eigenvalue weighted by atomic mass is 10.4. The SMILES string of the molecule is CC(=O)C=C=CC=C1C=CC(=O)O1. The molecule has 0 bridgehead atoms. The summed E-state index contributed by atoms with van der Waals surface area (Å²) in [4.78, 5) is 21.0. The molecule has 1 heterocycles. The Kier molecular flexibility index (Phi) is 3.01. The summed E-state index contributed by atoms with van der Waals surface area (Å²) in [7, 11) is 0. The number of cyclic esters (lactones) is 1. The van der Waals surface area contributed by atoms with E-state index in [4.69, 9.17) is 4.74 Å². The van der Waals surface area contributed by atoms with Gasteiger partial charge in [0.2, 0.25) is 0 Å². The number of allylic oxidation sites excluding steroid dienone is 3. The maximum atomic E-state index is 10.5. The number of hydrogen-bond donors (Lipinski definition) is 0. The Morgan fingerprint density at radius 3 is 2.85 bits per heavy atom. The van der Waals surface area contributed by atoms with Gasteiger partial charge in [-0.05, 0) is 25.2 Å². The fourth-order valence-electron chi connectivity index (χ4n) is 0.720. The van der Waals surface area contributed by atoms with Crippen LogP contribution >= 0.6 is 0 Å². The van der Waals surface area contributed by atoms with E-state index in [0.29, 0.717) is 5.76 Å². The van der Waals surface area contributed by atoms with Crippen molar-refractivity contribution in [1.29, 1.82) is 0 Å². The third kappa shape index (κ3) is 3.36. The molecule has 3 nitrogen and oxygen atoms in total. The molecule has 1 rings (SSSR count). The van der Waals surface area contributed by atoms with Gasteiger partial charge in [-0.3, -0.25) is 4.79 Å². The number of carbonyl (C=O) groups is 2. The first-order chi connectivity index (χ1) is 6.18. The zero-order valence-electron chi connectivity index (χ0n) is 7.11. The predicted molar refractivity (Wildman–Crippen MR) is 46.6 cm³/mol. The summed E-state index contributed by atoms with van der Waals surface area (Å²) in [6.45, 7) is 1.43. The standard InChI is InChI=1S/C10H8O3/c1-8(11)4-2-3-5-9-6-7-10(12)13-9/h3-7H,1H3. The van der Waals surface area contributed by atoms with Gasteiger partial charge in [0.15, 0.2) is 5.78 Å². The van der Waals surface area contributed by atoms with Crippen LogP contribution in [0.25, 0.3) is 0 Å². The van der Waals surface area contributed by atoms with Crippen molar-refractivity contribution in [3.63, 3.8) is 0 Å². The number of ketones is 1. The van der Waals surface area contributed by atoms with E-state index < -0.39 is 0 Å². The van der Waals surface area contributed by atoms with Gasteiger partial charge in [0.05, 0.1) is 0 Å². The summed E-state index contributed by atoms with van der Waals surface area (Å²) >= 11 is 0. The van der Waals surface area contributed by atoms with E-state index in [9.17, 15) is 9.59 Å². The van der Waals surface area contributed by atoms with E-state index in [2.05, 4.69) is 5.73 Å². The quantitative estimate of drug-likeness (QED) is 0.361. The van der Waals surface area contributed by atoms with Crippen molar-refractivity contribution in [3.05, 3.63) is 41.9 Å². The number of hydrogen-bond acceptors (Lipinski definition) is 3. The second-order valence-electron chi connectivity index (χ2n) is 2.41. The second-order valence-corrected chi connectivity index (χ2v) is 2.41. The minimum atomic E-state index is -0.379. The smallest absolute Gasteiger partial charge is 0.336 e. The lowest BCUT2D eigenvalue weighted by molar-refractivity contribution is -0.132. The number of rotatable bonds is 2. The third-order valence-corrected chi connectivity index (χ3v) is 1.23. The number of esters is 1. The van der Waals surface area contributed by atoms with E-state index in [0.717, 1.165) is 0 Å². The van der Waals surface area contributed by atoms with Gasteiger partial charge in [0, 0.05) is 12.2 Å². The van der Waals surface area contributed by atoms with Crippen LogP contribution in [-0.4, -0.2) is 11.8 Å². The van der Waals surface area contributed by atoms with Crippen LogP contribution in [0.3, 0.4) is 0 Å². The van der Waals surface area contributed by atoms with Gasteiger partial charge in [-0.25, -0.2) is 4.79 Å². The van der Waals surface area contributed by atoms with Crippen molar-refractivity contribution < 1.29 is 14.3 Å². The Morgan fingerprint density at radius 2 is 2.31 bits per heavy atom. The van der Waals surface area contributed by atoms with Crippen molar-refractivity contribution in [2.45, 2.75) is 6.92 Å². The Morgan fingerprint density at radius 1 is 1.54 bits per heavy atom. The zero-order chi connectivity index (χ0) is 9.68. The van der Waals surface area contributed by atoms with Gasteiger partial charge < -0.3 is 4.74 Å². The highest BCUT2D eigenvalue weighted by molar-refractivity contribution is 5.87. The number of carbonyl (C=O) groups excluding carboxylic acids is 2. The van der Waals surface area contributed by atoms with Crippen LogP contribution in [0.4, 0.5) is 0 Å². The maximum absolute atomic E-state index is 10.5. The predicted octanol–water partition coefficient (Wildman–Crippen LogP) is 1.28. The highest BCUT2D eigenvalue weighted by atomic mass is 16.5. The summed E-state index contributed by atoms with van der Waals surface area (Å²) in [5.41, 5.74) is 2.63. The molecule has 0 amide bonds. The number of ether oxygens (including phenoxy) is 1. The lowest BCUT2D eigenvalue weighted by Gasteiger charge is -1.89. The van der Waals surface area contributed by atoms with Crippen LogP contribution in [-0.2, 0) is 14.3 Å². The van der Waals surface area contributed by atoms with E-state index in [1.807, 2.05) is 0 Å². The van der Waals surface area contributed by atoms with Crippen LogP contribution in [0.15, 0.2) is 41.9 Å². The molecule has 0 saturated carbocycles. The van der Waals surface area contributed by atoms with Gasteiger partial charge in [-0.2, -0.15) is 0 Å². The molecular weight excluding hydrogens is 168 g/mol. The monoisotopic (exact) mass is 176 g/mol. The summed E-state index contributed by atoms with van der Waals surface area (Å²) in [5, 5.41) is 0. The fraction of sp³-hybridized carbons (Fsp3) is 0.100. The van der Waals surface area contributed by atoms with Gasteiger partial charge in [0.25, 0.3) is 0 Å². The van der Waals surface area contributed by atoms with E-state index >= 15 is 0 Å². The van der Waals surface area contributed by atoms with Gasteiger partial charge in [0.1, 0.15) is 5.76 Å². The van der Waals surface area contributed by atoms with Crippen LogP contribution in [0.1, 0.15) is 6.92 Å². The summed E-state index contributed by atoms with van der Waals surface area (Å²) in [5.74, 6) is -0.00161. The molecule has 0 aliphatic carbocycles. The fourth-order valence-corrected chi connectivity index (χ4v) is 0.720. The molecule has 66 valence electrons. The van der Waals surface area contributed by atoms with Gasteiger partial charge in [-0.15, -0.1) is 5.73 Å². The molecule has 1 aliphatic rings. The van der Waals surface area contributed by atoms with Crippen LogP contribution < -0.4 is 0 Å². The topological polar surface area (TPSA) is 43.4 Å². The van der Waals surface area contributed by atoms with Crippen molar-refractivity contribution in [1.82, 2.24) is 0 Å². The summed E-state index contributed by atoms with van der Waals surface area (Å²) in [6, 6.07) is 0. The molecule has 13 heavy (non-hydrogen) atoms. The van der Waals surface area contributed by atoms with E-state index in [1.165, 1.54) is 25.2 Å². The molecule has 0 unspecified atom stereocenters. The zero-order valence-corrected chi connectivity index (χ0v) is 7.11. The molecule has 0 radical (unpaired) electrons. The second kappa shape index (κ2) is 4.24. The minimum absolute atomic E-state index is 0.0754. The Balaban J connectivity index is 2.59. The molecule has 0 spiro atoms. The molecule has 0 saturated heterocycles. The summed E-state index contributed by atoms with van der Waals surface area (Å²) < 4.78 is 4.71. The van der Waals surface area contributed by atoms with Crippen LogP contribution in [0.5, 0.6) is 0 Å².